The fourth-order valence-corrected chi connectivity index (χ4v) is 2.71. The fourth-order valence-electron chi connectivity index (χ4n) is 2.16. The van der Waals surface area contributed by atoms with E-state index in [4.69, 9.17) is 0 Å². The number of likely N-dealkylation sites (N-methyl/N-ethyl adjacent to an activating group) is 1. The van der Waals surface area contributed by atoms with E-state index in [0.29, 0.717) is 5.69 Å². The molecule has 2 aromatic rings. The van der Waals surface area contributed by atoms with Crippen molar-refractivity contribution in [3.05, 3.63) is 59.2 Å². The molecule has 0 saturated carbocycles. The molecular weight excluding hydrogens is 372 g/mol. The predicted octanol–water partition coefficient (Wildman–Crippen LogP) is 3.68. The number of para-hydroxylation sites is 1. The molecule has 0 saturated heterocycles. The molecule has 9 heteroatoms. The third-order valence-electron chi connectivity index (χ3n) is 3.44. The zero-order chi connectivity index (χ0) is 19.4. The SMILES string of the molecule is CSc1ccccc1NC(=O)CN(C)C(=O)c1cc(F)c(F)c(F)c1F. The van der Waals surface area contributed by atoms with Gasteiger partial charge < -0.3 is 10.2 Å². The van der Waals surface area contributed by atoms with Crippen LogP contribution in [0.5, 0.6) is 0 Å². The van der Waals surface area contributed by atoms with E-state index in [1.165, 1.54) is 11.8 Å². The number of thioether (sulfide) groups is 1. The van der Waals surface area contributed by atoms with E-state index < -0.39 is 47.2 Å². The van der Waals surface area contributed by atoms with Gasteiger partial charge in [0.2, 0.25) is 5.91 Å². The summed E-state index contributed by atoms with van der Waals surface area (Å²) in [6.45, 7) is -0.498. The summed E-state index contributed by atoms with van der Waals surface area (Å²) in [5.74, 6) is -9.35. The van der Waals surface area contributed by atoms with Crippen LogP contribution in [-0.4, -0.2) is 36.6 Å². The molecule has 0 aliphatic carbocycles. The third-order valence-corrected chi connectivity index (χ3v) is 4.24. The van der Waals surface area contributed by atoms with Crippen LogP contribution in [0.4, 0.5) is 23.2 Å². The molecule has 4 nitrogen and oxygen atoms in total. The van der Waals surface area contributed by atoms with E-state index in [2.05, 4.69) is 5.32 Å². The van der Waals surface area contributed by atoms with Crippen molar-refractivity contribution in [2.24, 2.45) is 0 Å². The number of hydrogen-bond acceptors (Lipinski definition) is 3. The van der Waals surface area contributed by atoms with Crippen molar-refractivity contribution in [2.45, 2.75) is 4.90 Å². The monoisotopic (exact) mass is 386 g/mol. The number of halogens is 4. The molecule has 0 spiro atoms. The molecule has 0 aliphatic rings. The lowest BCUT2D eigenvalue weighted by molar-refractivity contribution is -0.116. The summed E-state index contributed by atoms with van der Waals surface area (Å²) in [5.41, 5.74) is -0.475. The van der Waals surface area contributed by atoms with Crippen molar-refractivity contribution >= 4 is 29.3 Å². The van der Waals surface area contributed by atoms with Crippen LogP contribution in [-0.2, 0) is 4.79 Å². The van der Waals surface area contributed by atoms with Crippen LogP contribution in [0, 0.1) is 23.3 Å². The topological polar surface area (TPSA) is 49.4 Å². The summed E-state index contributed by atoms with van der Waals surface area (Å²) in [4.78, 5) is 25.8. The van der Waals surface area contributed by atoms with E-state index in [0.717, 1.165) is 16.8 Å². The Labute approximate surface area is 151 Å². The summed E-state index contributed by atoms with van der Waals surface area (Å²) in [6, 6.07) is 7.21. The average Bonchev–Trinajstić information content (AvgIpc) is 2.62. The average molecular weight is 386 g/mol. The molecule has 0 radical (unpaired) electrons. The van der Waals surface area contributed by atoms with Crippen molar-refractivity contribution in [1.29, 1.82) is 0 Å². The van der Waals surface area contributed by atoms with Crippen molar-refractivity contribution in [1.82, 2.24) is 4.90 Å². The lowest BCUT2D eigenvalue weighted by Gasteiger charge is -2.18. The lowest BCUT2D eigenvalue weighted by Crippen LogP contribution is -2.35. The van der Waals surface area contributed by atoms with Crippen molar-refractivity contribution in [3.8, 4) is 0 Å². The van der Waals surface area contributed by atoms with Gasteiger partial charge in [-0.1, -0.05) is 12.1 Å². The Morgan fingerprint density at radius 3 is 2.38 bits per heavy atom. The first-order chi connectivity index (χ1) is 12.3. The van der Waals surface area contributed by atoms with Crippen LogP contribution in [0.15, 0.2) is 35.2 Å². The number of anilines is 1. The molecule has 2 rings (SSSR count). The number of carbonyl (C=O) groups excluding carboxylic acids is 2. The lowest BCUT2D eigenvalue weighted by atomic mass is 10.1. The molecule has 0 aliphatic heterocycles. The second-order valence-corrected chi connectivity index (χ2v) is 6.11. The third kappa shape index (κ3) is 4.16. The van der Waals surface area contributed by atoms with Crippen LogP contribution in [0.2, 0.25) is 0 Å². The van der Waals surface area contributed by atoms with E-state index in [-0.39, 0.29) is 6.07 Å². The number of rotatable bonds is 5. The normalized spacial score (nSPS) is 10.5. The minimum atomic E-state index is -2.08. The molecule has 2 amide bonds. The minimum absolute atomic E-state index is 0.257. The molecular formula is C17H14F4N2O2S. The van der Waals surface area contributed by atoms with Gasteiger partial charge in [0.1, 0.15) is 0 Å². The van der Waals surface area contributed by atoms with Crippen LogP contribution >= 0.6 is 11.8 Å². The molecule has 0 unspecified atom stereocenters. The second kappa shape index (κ2) is 8.22. The Bertz CT molecular complexity index is 861. The molecule has 1 N–H and O–H groups in total. The van der Waals surface area contributed by atoms with Crippen molar-refractivity contribution in [3.63, 3.8) is 0 Å². The van der Waals surface area contributed by atoms with Crippen LogP contribution in [0.3, 0.4) is 0 Å². The molecule has 0 bridgehead atoms. The Hall–Kier alpha value is -2.55. The zero-order valence-corrected chi connectivity index (χ0v) is 14.6. The van der Waals surface area contributed by atoms with Crippen LogP contribution in [0.25, 0.3) is 0 Å². The first-order valence-corrected chi connectivity index (χ1v) is 8.50. The summed E-state index contributed by atoms with van der Waals surface area (Å²) >= 11 is 1.40. The first kappa shape index (κ1) is 19.8. The van der Waals surface area contributed by atoms with Gasteiger partial charge in [-0.2, -0.15) is 0 Å². The second-order valence-electron chi connectivity index (χ2n) is 5.26. The highest BCUT2D eigenvalue weighted by atomic mass is 32.2. The van der Waals surface area contributed by atoms with Gasteiger partial charge in [-0.05, 0) is 24.5 Å². The Balaban J connectivity index is 2.13. The minimum Gasteiger partial charge on any atom is -0.332 e. The molecule has 0 heterocycles. The molecule has 0 fully saturated rings. The number of benzene rings is 2. The number of hydrogen-bond donors (Lipinski definition) is 1. The molecule has 138 valence electrons. The van der Waals surface area contributed by atoms with Gasteiger partial charge in [-0.25, -0.2) is 17.6 Å². The van der Waals surface area contributed by atoms with Crippen LogP contribution in [0.1, 0.15) is 10.4 Å². The van der Waals surface area contributed by atoms with E-state index in [1.54, 1.807) is 24.3 Å². The van der Waals surface area contributed by atoms with Gasteiger partial charge in [0, 0.05) is 11.9 Å². The van der Waals surface area contributed by atoms with Gasteiger partial charge in [0.25, 0.3) is 5.91 Å². The maximum absolute atomic E-state index is 13.7. The standard InChI is InChI=1S/C17H14F4N2O2S/c1-23(8-13(24)22-11-5-3-4-6-12(11)26-2)17(25)9-7-10(18)15(20)16(21)14(9)19/h3-7H,8H2,1-2H3,(H,22,24). The maximum Gasteiger partial charge on any atom is 0.257 e. The van der Waals surface area contributed by atoms with Crippen LogP contribution < -0.4 is 5.32 Å². The van der Waals surface area contributed by atoms with Gasteiger partial charge in [-0.15, -0.1) is 11.8 Å². The molecule has 0 atom stereocenters. The van der Waals surface area contributed by atoms with Crippen molar-refractivity contribution in [2.75, 3.05) is 25.2 Å². The molecule has 2 aromatic carbocycles. The number of carbonyl (C=O) groups is 2. The largest absolute Gasteiger partial charge is 0.332 e. The van der Waals surface area contributed by atoms with Gasteiger partial charge in [0.15, 0.2) is 23.3 Å². The highest BCUT2D eigenvalue weighted by Crippen LogP contribution is 2.24. The quantitative estimate of drug-likeness (QED) is 0.369. The highest BCUT2D eigenvalue weighted by Gasteiger charge is 2.25. The van der Waals surface area contributed by atoms with E-state index in [9.17, 15) is 27.2 Å². The molecule has 26 heavy (non-hydrogen) atoms. The Kier molecular flexibility index (Phi) is 6.25. The van der Waals surface area contributed by atoms with Gasteiger partial charge in [0.05, 0.1) is 17.8 Å². The number of amides is 2. The Morgan fingerprint density at radius 1 is 1.08 bits per heavy atom. The summed E-state index contributed by atoms with van der Waals surface area (Å²) in [6.07, 6.45) is 1.82. The highest BCUT2D eigenvalue weighted by molar-refractivity contribution is 7.98. The molecule has 0 aromatic heterocycles. The first-order valence-electron chi connectivity index (χ1n) is 7.27. The summed E-state index contributed by atoms with van der Waals surface area (Å²) in [5, 5.41) is 2.59. The maximum atomic E-state index is 13.7. The van der Waals surface area contributed by atoms with Gasteiger partial charge in [-0.3, -0.25) is 9.59 Å². The number of nitrogens with one attached hydrogen (secondary N) is 1. The summed E-state index contributed by atoms with van der Waals surface area (Å²) < 4.78 is 53.2. The van der Waals surface area contributed by atoms with Crippen molar-refractivity contribution < 1.29 is 27.2 Å². The fraction of sp³-hybridized carbons (Fsp3) is 0.176. The van der Waals surface area contributed by atoms with Gasteiger partial charge >= 0.3 is 0 Å². The van der Waals surface area contributed by atoms with E-state index in [1.807, 2.05) is 6.26 Å². The Morgan fingerprint density at radius 2 is 1.73 bits per heavy atom. The van der Waals surface area contributed by atoms with E-state index >= 15 is 0 Å². The zero-order valence-electron chi connectivity index (χ0n) is 13.8. The summed E-state index contributed by atoms with van der Waals surface area (Å²) in [7, 11) is 1.15. The smallest absolute Gasteiger partial charge is 0.257 e. The number of nitrogens with zero attached hydrogens (tertiary/aromatic N) is 1. The predicted molar refractivity (Wildman–Crippen MR) is 90.1 cm³/mol.